The van der Waals surface area contributed by atoms with Crippen LogP contribution < -0.4 is 21.1 Å². The minimum absolute atomic E-state index is 0. The van der Waals surface area contributed by atoms with Crippen LogP contribution in [0.15, 0.2) is 42.5 Å². The molecule has 156 valence electrons. The van der Waals surface area contributed by atoms with Crippen LogP contribution in [-0.2, 0) is 9.53 Å². The number of rotatable bonds is 6. The third-order valence-corrected chi connectivity index (χ3v) is 4.46. The molecule has 0 saturated carbocycles. The van der Waals surface area contributed by atoms with Crippen LogP contribution in [0.3, 0.4) is 0 Å². The highest BCUT2D eigenvalue weighted by atomic mass is 35.5. The van der Waals surface area contributed by atoms with E-state index in [0.717, 1.165) is 12.5 Å². The number of carbonyl (C=O) groups is 2. The minimum Gasteiger partial charge on any atom is -0.495 e. The highest BCUT2D eigenvalue weighted by Gasteiger charge is 2.30. The summed E-state index contributed by atoms with van der Waals surface area (Å²) in [6, 6.07) is 10.2. The van der Waals surface area contributed by atoms with E-state index in [1.807, 2.05) is 0 Å². The summed E-state index contributed by atoms with van der Waals surface area (Å²) in [5.41, 5.74) is 6.56. The molecular formula is C20H23ClFN3O4. The summed E-state index contributed by atoms with van der Waals surface area (Å²) in [4.78, 5) is 24.8. The van der Waals surface area contributed by atoms with Gasteiger partial charge < -0.3 is 25.8 Å². The Labute approximate surface area is 174 Å². The number of methoxy groups -OCH3 is 1. The highest BCUT2D eigenvalue weighted by molar-refractivity contribution is 6.05. The number of hydrogen-bond donors (Lipinski definition) is 3. The molecule has 2 atom stereocenters. The smallest absolute Gasteiger partial charge is 0.255 e. The second-order valence-electron chi connectivity index (χ2n) is 6.43. The summed E-state index contributed by atoms with van der Waals surface area (Å²) in [6.07, 6.45) is 0.688. The first-order chi connectivity index (χ1) is 13.5. The number of halogens is 2. The molecule has 29 heavy (non-hydrogen) atoms. The van der Waals surface area contributed by atoms with Gasteiger partial charge in [-0.15, -0.1) is 12.4 Å². The molecule has 2 aromatic rings. The van der Waals surface area contributed by atoms with Gasteiger partial charge in [0.05, 0.1) is 18.9 Å². The quantitative estimate of drug-likeness (QED) is 0.662. The molecule has 0 aliphatic carbocycles. The number of nitrogens with two attached hydrogens (primary N) is 1. The number of benzene rings is 2. The van der Waals surface area contributed by atoms with Crippen molar-refractivity contribution in [2.45, 2.75) is 25.0 Å². The van der Waals surface area contributed by atoms with Gasteiger partial charge in [-0.05, 0) is 49.2 Å². The van der Waals surface area contributed by atoms with E-state index < -0.39 is 17.8 Å². The van der Waals surface area contributed by atoms with Crippen molar-refractivity contribution < 1.29 is 23.5 Å². The van der Waals surface area contributed by atoms with Gasteiger partial charge in [0.1, 0.15) is 17.7 Å². The van der Waals surface area contributed by atoms with Crippen molar-refractivity contribution in [3.05, 3.63) is 53.8 Å². The first-order valence-electron chi connectivity index (χ1n) is 8.91. The van der Waals surface area contributed by atoms with E-state index in [4.69, 9.17) is 15.2 Å². The maximum Gasteiger partial charge on any atom is 0.255 e. The Balaban J connectivity index is 0.00000300. The lowest BCUT2D eigenvalue weighted by atomic mass is 10.1. The Kier molecular flexibility index (Phi) is 7.95. The van der Waals surface area contributed by atoms with Crippen LogP contribution in [0.2, 0.25) is 0 Å². The lowest BCUT2D eigenvalue weighted by Gasteiger charge is -2.15. The van der Waals surface area contributed by atoms with Crippen molar-refractivity contribution in [2.75, 3.05) is 24.3 Å². The number of nitrogens with one attached hydrogen (secondary N) is 2. The molecule has 0 spiro atoms. The van der Waals surface area contributed by atoms with Crippen molar-refractivity contribution in [1.82, 2.24) is 0 Å². The molecule has 0 radical (unpaired) electrons. The van der Waals surface area contributed by atoms with Gasteiger partial charge in [-0.25, -0.2) is 4.39 Å². The van der Waals surface area contributed by atoms with Gasteiger partial charge in [0, 0.05) is 17.8 Å². The van der Waals surface area contributed by atoms with E-state index in [-0.39, 0.29) is 30.0 Å². The number of anilines is 2. The summed E-state index contributed by atoms with van der Waals surface area (Å²) < 4.78 is 24.2. The van der Waals surface area contributed by atoms with E-state index in [1.165, 1.54) is 25.3 Å². The first kappa shape index (κ1) is 22.6. The fourth-order valence-electron chi connectivity index (χ4n) is 3.00. The molecule has 1 saturated heterocycles. The van der Waals surface area contributed by atoms with E-state index in [9.17, 15) is 14.0 Å². The SMILES string of the molecule is COc1ccc(NC(=O)[C@@H]2CC[C@H](CN)O2)cc1NC(=O)c1cccc(F)c1.Cl. The van der Waals surface area contributed by atoms with Gasteiger partial charge in [0.15, 0.2) is 0 Å². The van der Waals surface area contributed by atoms with Crippen molar-refractivity contribution in [3.8, 4) is 5.75 Å². The lowest BCUT2D eigenvalue weighted by molar-refractivity contribution is -0.126. The van der Waals surface area contributed by atoms with Gasteiger partial charge in [0.25, 0.3) is 11.8 Å². The first-order valence-corrected chi connectivity index (χ1v) is 8.91. The molecule has 1 heterocycles. The molecule has 1 fully saturated rings. The average Bonchev–Trinajstić information content (AvgIpc) is 3.18. The van der Waals surface area contributed by atoms with Crippen molar-refractivity contribution in [1.29, 1.82) is 0 Å². The summed E-state index contributed by atoms with van der Waals surface area (Å²) in [7, 11) is 1.46. The summed E-state index contributed by atoms with van der Waals surface area (Å²) in [5.74, 6) is -0.870. The molecule has 2 amide bonds. The molecule has 1 aliphatic rings. The van der Waals surface area contributed by atoms with Crippen molar-refractivity contribution in [3.63, 3.8) is 0 Å². The van der Waals surface area contributed by atoms with Crippen LogP contribution in [-0.4, -0.2) is 37.7 Å². The predicted octanol–water partition coefficient (Wildman–Crippen LogP) is 2.95. The van der Waals surface area contributed by atoms with Crippen LogP contribution in [0.1, 0.15) is 23.2 Å². The van der Waals surface area contributed by atoms with Gasteiger partial charge in [0.2, 0.25) is 0 Å². The third-order valence-electron chi connectivity index (χ3n) is 4.46. The number of amides is 2. The zero-order valence-corrected chi connectivity index (χ0v) is 16.6. The second kappa shape index (κ2) is 10.2. The predicted molar refractivity (Wildman–Crippen MR) is 110 cm³/mol. The maximum absolute atomic E-state index is 13.3. The average molecular weight is 424 g/mol. The molecule has 9 heteroatoms. The Morgan fingerprint density at radius 2 is 2.00 bits per heavy atom. The molecule has 3 rings (SSSR count). The molecule has 4 N–H and O–H groups in total. The largest absolute Gasteiger partial charge is 0.495 e. The van der Waals surface area contributed by atoms with E-state index in [2.05, 4.69) is 10.6 Å². The van der Waals surface area contributed by atoms with Crippen LogP contribution in [0.25, 0.3) is 0 Å². The molecule has 0 unspecified atom stereocenters. The normalized spacial score (nSPS) is 17.9. The number of ether oxygens (including phenoxy) is 2. The Morgan fingerprint density at radius 1 is 1.21 bits per heavy atom. The summed E-state index contributed by atoms with van der Waals surface area (Å²) in [5, 5.41) is 5.45. The monoisotopic (exact) mass is 423 g/mol. The number of carbonyl (C=O) groups excluding carboxylic acids is 2. The molecule has 0 bridgehead atoms. The fraction of sp³-hybridized carbons (Fsp3) is 0.300. The van der Waals surface area contributed by atoms with Crippen molar-refractivity contribution in [2.24, 2.45) is 5.73 Å². The van der Waals surface area contributed by atoms with Crippen LogP contribution >= 0.6 is 12.4 Å². The Morgan fingerprint density at radius 3 is 2.66 bits per heavy atom. The van der Waals surface area contributed by atoms with Crippen LogP contribution in [0.4, 0.5) is 15.8 Å². The molecule has 2 aromatic carbocycles. The van der Waals surface area contributed by atoms with E-state index in [0.29, 0.717) is 30.1 Å². The zero-order valence-electron chi connectivity index (χ0n) is 15.8. The van der Waals surface area contributed by atoms with Gasteiger partial charge in [-0.2, -0.15) is 0 Å². The van der Waals surface area contributed by atoms with E-state index in [1.54, 1.807) is 18.2 Å². The molecular weight excluding hydrogens is 401 g/mol. The molecule has 1 aliphatic heterocycles. The van der Waals surface area contributed by atoms with Gasteiger partial charge >= 0.3 is 0 Å². The molecule has 7 nitrogen and oxygen atoms in total. The highest BCUT2D eigenvalue weighted by Crippen LogP contribution is 2.29. The zero-order chi connectivity index (χ0) is 20.1. The second-order valence-corrected chi connectivity index (χ2v) is 6.43. The number of hydrogen-bond acceptors (Lipinski definition) is 5. The van der Waals surface area contributed by atoms with Gasteiger partial charge in [-0.3, -0.25) is 9.59 Å². The summed E-state index contributed by atoms with van der Waals surface area (Å²) in [6.45, 7) is 0.378. The minimum atomic E-state index is -0.555. The van der Waals surface area contributed by atoms with Crippen molar-refractivity contribution >= 4 is 35.6 Å². The van der Waals surface area contributed by atoms with E-state index >= 15 is 0 Å². The van der Waals surface area contributed by atoms with Gasteiger partial charge in [-0.1, -0.05) is 6.07 Å². The lowest BCUT2D eigenvalue weighted by Crippen LogP contribution is -2.29. The fourth-order valence-corrected chi connectivity index (χ4v) is 3.00. The summed E-state index contributed by atoms with van der Waals surface area (Å²) >= 11 is 0. The standard InChI is InChI=1S/C20H22FN3O4.ClH/c1-27-17-7-5-14(23-20(26)18-8-6-15(11-22)28-18)10-16(17)24-19(25)12-3-2-4-13(21)9-12;/h2-5,7,9-10,15,18H,6,8,11,22H2,1H3,(H,23,26)(H,24,25);1H/t15-,18+;/m1./s1. The Hall–Kier alpha value is -2.68. The van der Waals surface area contributed by atoms with Crippen LogP contribution in [0, 0.1) is 5.82 Å². The maximum atomic E-state index is 13.3. The third kappa shape index (κ3) is 5.66. The Bertz CT molecular complexity index is 881. The van der Waals surface area contributed by atoms with Crippen LogP contribution in [0.5, 0.6) is 5.75 Å². The topological polar surface area (TPSA) is 103 Å². The molecule has 0 aromatic heterocycles.